The Balaban J connectivity index is 1.45. The first-order chi connectivity index (χ1) is 13.4. The maximum absolute atomic E-state index is 12.7. The van der Waals surface area contributed by atoms with Gasteiger partial charge in [-0.1, -0.05) is 42.0 Å². The second-order valence-electron chi connectivity index (χ2n) is 7.37. The van der Waals surface area contributed by atoms with Gasteiger partial charge in [-0.3, -0.25) is 4.79 Å². The van der Waals surface area contributed by atoms with Crippen molar-refractivity contribution in [3.8, 4) is 0 Å². The van der Waals surface area contributed by atoms with Gasteiger partial charge in [-0.05, 0) is 37.5 Å². The number of likely N-dealkylation sites (tertiary alicyclic amines) is 1. The molecule has 1 fully saturated rings. The van der Waals surface area contributed by atoms with Gasteiger partial charge in [0.2, 0.25) is 5.91 Å². The molecule has 2 heterocycles. The highest BCUT2D eigenvalue weighted by Gasteiger charge is 2.35. The van der Waals surface area contributed by atoms with E-state index >= 15 is 0 Å². The summed E-state index contributed by atoms with van der Waals surface area (Å²) in [4.78, 5) is 14.9. The van der Waals surface area contributed by atoms with E-state index in [1.165, 1.54) is 5.56 Å². The lowest BCUT2D eigenvalue weighted by Gasteiger charge is -2.33. The highest BCUT2D eigenvalue weighted by molar-refractivity contribution is 7.90. The van der Waals surface area contributed by atoms with Crippen molar-refractivity contribution in [2.45, 2.75) is 31.2 Å². The van der Waals surface area contributed by atoms with Crippen molar-refractivity contribution in [3.63, 3.8) is 0 Å². The lowest BCUT2D eigenvalue weighted by atomic mass is 9.96. The summed E-state index contributed by atoms with van der Waals surface area (Å²) in [5.74, 6) is 0.281. The highest BCUT2D eigenvalue weighted by Crippen LogP contribution is 2.29. The maximum Gasteiger partial charge on any atom is 0.285 e. The number of hydrogen-bond donors (Lipinski definition) is 1. The van der Waals surface area contributed by atoms with Crippen molar-refractivity contribution in [1.29, 1.82) is 0 Å². The van der Waals surface area contributed by atoms with Crippen LogP contribution in [0.3, 0.4) is 0 Å². The highest BCUT2D eigenvalue weighted by atomic mass is 32.2. The van der Waals surface area contributed by atoms with Crippen molar-refractivity contribution < 1.29 is 13.2 Å². The zero-order valence-corrected chi connectivity index (χ0v) is 16.6. The van der Waals surface area contributed by atoms with Crippen LogP contribution < -0.4 is 5.32 Å². The van der Waals surface area contributed by atoms with Crippen LogP contribution in [0.2, 0.25) is 0 Å². The van der Waals surface area contributed by atoms with Gasteiger partial charge < -0.3 is 10.2 Å². The predicted molar refractivity (Wildman–Crippen MR) is 107 cm³/mol. The predicted octanol–water partition coefficient (Wildman–Crippen LogP) is 2.47. The second kappa shape index (κ2) is 7.39. The molecule has 0 aliphatic carbocycles. The number of amides is 1. The molecule has 0 radical (unpaired) electrons. The number of hydrogen-bond acceptors (Lipinski definition) is 4. The van der Waals surface area contributed by atoms with Crippen molar-refractivity contribution in [1.82, 2.24) is 10.2 Å². The molecule has 0 unspecified atom stereocenters. The van der Waals surface area contributed by atoms with Crippen LogP contribution in [-0.2, 0) is 21.4 Å². The number of carbonyl (C=O) groups excluding carboxylic acids is 1. The summed E-state index contributed by atoms with van der Waals surface area (Å²) in [5, 5.41) is 3.01. The summed E-state index contributed by atoms with van der Waals surface area (Å²) < 4.78 is 28.6. The number of nitrogens with zero attached hydrogens (tertiary/aromatic N) is 2. The molecule has 1 N–H and O–H groups in total. The molecule has 1 saturated heterocycles. The molecule has 7 heteroatoms. The quantitative estimate of drug-likeness (QED) is 0.863. The largest absolute Gasteiger partial charge is 0.355 e. The normalized spacial score (nSPS) is 20.4. The molecular formula is C21H23N3O3S. The number of sulfonamides is 1. The number of aryl methyl sites for hydroxylation is 1. The van der Waals surface area contributed by atoms with E-state index < -0.39 is 10.0 Å². The third-order valence-corrected chi connectivity index (χ3v) is 6.62. The minimum atomic E-state index is -3.65. The van der Waals surface area contributed by atoms with Gasteiger partial charge in [-0.15, -0.1) is 4.40 Å². The van der Waals surface area contributed by atoms with Crippen LogP contribution in [0.15, 0.2) is 57.8 Å². The lowest BCUT2D eigenvalue weighted by Crippen LogP contribution is -2.45. The van der Waals surface area contributed by atoms with Gasteiger partial charge in [0.1, 0.15) is 4.90 Å². The SMILES string of the molecule is Cc1ccc(CNC(=O)[C@H]2CCCN(C3=NS(=O)(=O)c4ccccc43)C2)cc1. The first kappa shape index (κ1) is 18.7. The number of piperidine rings is 1. The van der Waals surface area contributed by atoms with Gasteiger partial charge in [0.05, 0.1) is 5.92 Å². The molecule has 0 aromatic heterocycles. The smallest absolute Gasteiger partial charge is 0.285 e. The maximum atomic E-state index is 12.7. The first-order valence-electron chi connectivity index (χ1n) is 9.46. The Labute approximate surface area is 165 Å². The van der Waals surface area contributed by atoms with Gasteiger partial charge >= 0.3 is 0 Å². The summed E-state index contributed by atoms with van der Waals surface area (Å²) in [6.07, 6.45) is 1.61. The van der Waals surface area contributed by atoms with Gasteiger partial charge in [0.15, 0.2) is 5.84 Å². The monoisotopic (exact) mass is 397 g/mol. The number of amidine groups is 1. The van der Waals surface area contributed by atoms with Crippen LogP contribution in [0, 0.1) is 12.8 Å². The summed E-state index contributed by atoms with van der Waals surface area (Å²) in [5.41, 5.74) is 2.88. The van der Waals surface area contributed by atoms with E-state index in [9.17, 15) is 13.2 Å². The Morgan fingerprint density at radius 3 is 2.71 bits per heavy atom. The topological polar surface area (TPSA) is 78.8 Å². The first-order valence-corrected chi connectivity index (χ1v) is 10.9. The average Bonchev–Trinajstić information content (AvgIpc) is 2.99. The van der Waals surface area contributed by atoms with E-state index in [4.69, 9.17) is 0 Å². The van der Waals surface area contributed by atoms with Crippen molar-refractivity contribution in [3.05, 3.63) is 65.2 Å². The number of fused-ring (bicyclic) bond motifs is 1. The Kier molecular flexibility index (Phi) is 4.93. The molecule has 0 saturated carbocycles. The molecule has 2 aliphatic heterocycles. The second-order valence-corrected chi connectivity index (χ2v) is 8.95. The van der Waals surface area contributed by atoms with Crippen molar-refractivity contribution in [2.75, 3.05) is 13.1 Å². The van der Waals surface area contributed by atoms with Gasteiger partial charge in [0, 0.05) is 25.2 Å². The fourth-order valence-corrected chi connectivity index (χ4v) is 4.97. The summed E-state index contributed by atoms with van der Waals surface area (Å²) in [6, 6.07) is 14.9. The van der Waals surface area contributed by atoms with Crippen LogP contribution in [-0.4, -0.2) is 38.2 Å². The Morgan fingerprint density at radius 1 is 1.18 bits per heavy atom. The molecule has 1 atom stereocenters. The zero-order valence-electron chi connectivity index (χ0n) is 15.8. The fourth-order valence-electron chi connectivity index (χ4n) is 3.74. The molecule has 1 amide bonds. The van der Waals surface area contributed by atoms with Crippen LogP contribution in [0.4, 0.5) is 0 Å². The minimum absolute atomic E-state index is 0.0000132. The zero-order chi connectivity index (χ0) is 19.7. The Morgan fingerprint density at radius 2 is 1.93 bits per heavy atom. The van der Waals surface area contributed by atoms with E-state index in [0.29, 0.717) is 31.0 Å². The third-order valence-electron chi connectivity index (χ3n) is 5.29. The molecule has 0 spiro atoms. The molecule has 2 aliphatic rings. The van der Waals surface area contributed by atoms with E-state index in [2.05, 4.69) is 9.71 Å². The summed E-state index contributed by atoms with van der Waals surface area (Å²) >= 11 is 0. The van der Waals surface area contributed by atoms with Crippen molar-refractivity contribution in [2.24, 2.45) is 10.3 Å². The molecule has 28 heavy (non-hydrogen) atoms. The van der Waals surface area contributed by atoms with E-state index in [1.807, 2.05) is 42.2 Å². The minimum Gasteiger partial charge on any atom is -0.355 e. The van der Waals surface area contributed by atoms with Crippen LogP contribution in [0.5, 0.6) is 0 Å². The van der Waals surface area contributed by atoms with E-state index in [0.717, 1.165) is 18.4 Å². The molecule has 4 rings (SSSR count). The fraction of sp³-hybridized carbons (Fsp3) is 0.333. The number of benzene rings is 2. The molecule has 2 aromatic carbocycles. The average molecular weight is 398 g/mol. The van der Waals surface area contributed by atoms with E-state index in [-0.39, 0.29) is 16.7 Å². The third kappa shape index (κ3) is 3.67. The van der Waals surface area contributed by atoms with Gasteiger partial charge in [-0.25, -0.2) is 0 Å². The van der Waals surface area contributed by atoms with Gasteiger partial charge in [-0.2, -0.15) is 8.42 Å². The summed E-state index contributed by atoms with van der Waals surface area (Å²) in [7, 11) is -3.65. The standard InChI is InChI=1S/C21H23N3O3S/c1-15-8-10-16(11-9-15)13-22-21(25)17-5-4-12-24(14-17)20-18-6-2-3-7-19(18)28(26,27)23-20/h2-3,6-11,17H,4-5,12-14H2,1H3,(H,22,25)/t17-/m0/s1. The molecule has 146 valence electrons. The number of nitrogens with one attached hydrogen (secondary N) is 1. The molecular weight excluding hydrogens is 374 g/mol. The summed E-state index contributed by atoms with van der Waals surface area (Å²) in [6.45, 7) is 3.70. The van der Waals surface area contributed by atoms with Gasteiger partial charge in [0.25, 0.3) is 10.0 Å². The lowest BCUT2D eigenvalue weighted by molar-refractivity contribution is -0.126. The number of carbonyl (C=O) groups is 1. The van der Waals surface area contributed by atoms with Crippen LogP contribution in [0.25, 0.3) is 0 Å². The Bertz CT molecular complexity index is 1030. The van der Waals surface area contributed by atoms with E-state index in [1.54, 1.807) is 18.2 Å². The molecule has 6 nitrogen and oxygen atoms in total. The molecule has 2 aromatic rings. The molecule has 0 bridgehead atoms. The Hall–Kier alpha value is -2.67. The van der Waals surface area contributed by atoms with Crippen molar-refractivity contribution >= 4 is 21.8 Å². The van der Waals surface area contributed by atoms with Crippen LogP contribution in [0.1, 0.15) is 29.5 Å². The number of rotatable bonds is 3. The van der Waals surface area contributed by atoms with Crippen LogP contribution >= 0.6 is 0 Å².